The minimum atomic E-state index is -4.46. The first kappa shape index (κ1) is 15.9. The Bertz CT molecular complexity index is 502. The van der Waals surface area contributed by atoms with Gasteiger partial charge in [-0.3, -0.25) is 0 Å². The molecule has 1 saturated heterocycles. The Kier molecular flexibility index (Phi) is 4.66. The zero-order valence-electron chi connectivity index (χ0n) is 12.4. The van der Waals surface area contributed by atoms with Gasteiger partial charge < -0.3 is 14.8 Å². The maximum Gasteiger partial charge on any atom is 0.420 e. The topological polar surface area (TPSA) is 30.5 Å². The summed E-state index contributed by atoms with van der Waals surface area (Å²) in [5, 5.41) is 3.35. The van der Waals surface area contributed by atoms with Gasteiger partial charge in [0.05, 0.1) is 14.2 Å². The van der Waals surface area contributed by atoms with Gasteiger partial charge in [-0.1, -0.05) is 0 Å². The third kappa shape index (κ3) is 3.26. The van der Waals surface area contributed by atoms with Gasteiger partial charge >= 0.3 is 6.18 Å². The number of nitrogens with one attached hydrogen (secondary N) is 1. The number of hydrogen-bond donors (Lipinski definition) is 1. The number of piperidine rings is 1. The summed E-state index contributed by atoms with van der Waals surface area (Å²) < 4.78 is 49.3. The van der Waals surface area contributed by atoms with Crippen molar-refractivity contribution in [2.24, 2.45) is 0 Å². The predicted octanol–water partition coefficient (Wildman–Crippen LogP) is 3.58. The SMILES string of the molecule is COc1cc(C(F)(F)F)c(OC)cc1C1CCCNC1C. The van der Waals surface area contributed by atoms with E-state index in [1.54, 1.807) is 0 Å². The molecule has 6 heteroatoms. The number of ether oxygens (including phenoxy) is 2. The molecule has 0 saturated carbocycles. The summed E-state index contributed by atoms with van der Waals surface area (Å²) in [6.07, 6.45) is -2.56. The van der Waals surface area contributed by atoms with E-state index in [4.69, 9.17) is 9.47 Å². The number of halogens is 3. The average Bonchev–Trinajstić information content (AvgIpc) is 2.45. The molecule has 2 unspecified atom stereocenters. The van der Waals surface area contributed by atoms with Crippen LogP contribution in [0.4, 0.5) is 13.2 Å². The molecular weight excluding hydrogens is 283 g/mol. The third-order valence-electron chi connectivity index (χ3n) is 4.02. The quantitative estimate of drug-likeness (QED) is 0.926. The van der Waals surface area contributed by atoms with Gasteiger partial charge in [-0.05, 0) is 38.4 Å². The summed E-state index contributed by atoms with van der Waals surface area (Å²) >= 11 is 0. The molecule has 0 aliphatic carbocycles. The molecule has 21 heavy (non-hydrogen) atoms. The van der Waals surface area contributed by atoms with Crippen molar-refractivity contribution >= 4 is 0 Å². The maximum atomic E-state index is 13.1. The molecule has 1 aromatic rings. The molecule has 1 aliphatic heterocycles. The van der Waals surface area contributed by atoms with Gasteiger partial charge in [0.25, 0.3) is 0 Å². The normalized spacial score (nSPS) is 23.0. The maximum absolute atomic E-state index is 13.1. The third-order valence-corrected chi connectivity index (χ3v) is 4.02. The number of alkyl halides is 3. The Labute approximate surface area is 122 Å². The van der Waals surface area contributed by atoms with Gasteiger partial charge in [-0.2, -0.15) is 13.2 Å². The summed E-state index contributed by atoms with van der Waals surface area (Å²) in [5.74, 6) is 0.227. The summed E-state index contributed by atoms with van der Waals surface area (Å²) in [6, 6.07) is 2.69. The van der Waals surface area contributed by atoms with E-state index in [0.29, 0.717) is 0 Å². The van der Waals surface area contributed by atoms with Crippen molar-refractivity contribution < 1.29 is 22.6 Å². The first-order chi connectivity index (χ1) is 9.88. The lowest BCUT2D eigenvalue weighted by Crippen LogP contribution is -2.37. The standard InChI is InChI=1S/C15H20F3NO2/c1-9-10(5-4-6-19-9)11-7-14(21-3)12(15(16,17)18)8-13(11)20-2/h7-10,19H,4-6H2,1-3H3. The molecule has 1 heterocycles. The first-order valence-corrected chi connectivity index (χ1v) is 6.95. The van der Waals surface area contributed by atoms with E-state index in [-0.39, 0.29) is 23.5 Å². The van der Waals surface area contributed by atoms with Crippen LogP contribution >= 0.6 is 0 Å². The van der Waals surface area contributed by atoms with Gasteiger partial charge in [0.2, 0.25) is 0 Å². The van der Waals surface area contributed by atoms with Crippen molar-refractivity contribution in [3.05, 3.63) is 23.3 Å². The van der Waals surface area contributed by atoms with Crippen LogP contribution in [0.25, 0.3) is 0 Å². The molecule has 1 fully saturated rings. The molecule has 1 aromatic carbocycles. The monoisotopic (exact) mass is 303 g/mol. The highest BCUT2D eigenvalue weighted by atomic mass is 19.4. The van der Waals surface area contributed by atoms with E-state index in [2.05, 4.69) is 5.32 Å². The number of hydrogen-bond acceptors (Lipinski definition) is 3. The molecule has 0 radical (unpaired) electrons. The van der Waals surface area contributed by atoms with Crippen LogP contribution in [-0.2, 0) is 6.18 Å². The lowest BCUT2D eigenvalue weighted by Gasteiger charge is -2.32. The molecule has 0 amide bonds. The van der Waals surface area contributed by atoms with Crippen molar-refractivity contribution in [1.29, 1.82) is 0 Å². The fourth-order valence-electron chi connectivity index (χ4n) is 2.90. The van der Waals surface area contributed by atoms with Crippen LogP contribution < -0.4 is 14.8 Å². The van der Waals surface area contributed by atoms with Crippen molar-refractivity contribution in [1.82, 2.24) is 5.32 Å². The Morgan fingerprint density at radius 1 is 1.14 bits per heavy atom. The van der Waals surface area contributed by atoms with Crippen LogP contribution in [-0.4, -0.2) is 26.8 Å². The second-order valence-electron chi connectivity index (χ2n) is 5.28. The van der Waals surface area contributed by atoms with E-state index in [1.807, 2.05) is 6.92 Å². The van der Waals surface area contributed by atoms with Crippen molar-refractivity contribution in [3.63, 3.8) is 0 Å². The molecule has 1 N–H and O–H groups in total. The van der Waals surface area contributed by atoms with E-state index >= 15 is 0 Å². The lowest BCUT2D eigenvalue weighted by atomic mass is 9.84. The van der Waals surface area contributed by atoms with Crippen molar-refractivity contribution in [3.8, 4) is 11.5 Å². The fourth-order valence-corrected chi connectivity index (χ4v) is 2.90. The van der Waals surface area contributed by atoms with Gasteiger partial charge in [0, 0.05) is 17.5 Å². The molecule has 118 valence electrons. The highest BCUT2D eigenvalue weighted by molar-refractivity contribution is 5.49. The van der Waals surface area contributed by atoms with Crippen LogP contribution in [0, 0.1) is 0 Å². The Morgan fingerprint density at radius 3 is 2.33 bits per heavy atom. The van der Waals surface area contributed by atoms with Crippen molar-refractivity contribution in [2.75, 3.05) is 20.8 Å². The highest BCUT2D eigenvalue weighted by Crippen LogP contribution is 2.43. The summed E-state index contributed by atoms with van der Waals surface area (Å²) in [7, 11) is 2.65. The smallest absolute Gasteiger partial charge is 0.420 e. The van der Waals surface area contributed by atoms with Crippen molar-refractivity contribution in [2.45, 2.75) is 37.9 Å². The zero-order valence-corrected chi connectivity index (χ0v) is 12.4. The fraction of sp³-hybridized carbons (Fsp3) is 0.600. The predicted molar refractivity (Wildman–Crippen MR) is 74.0 cm³/mol. The molecule has 0 aromatic heterocycles. The number of benzene rings is 1. The summed E-state index contributed by atoms with van der Waals surface area (Å²) in [4.78, 5) is 0. The van der Waals surface area contributed by atoms with Gasteiger partial charge in [0.1, 0.15) is 17.1 Å². The molecule has 0 bridgehead atoms. The molecule has 2 atom stereocenters. The Morgan fingerprint density at radius 2 is 1.81 bits per heavy atom. The molecule has 0 spiro atoms. The van der Waals surface area contributed by atoms with Crippen LogP contribution in [0.5, 0.6) is 11.5 Å². The minimum absolute atomic E-state index is 0.116. The van der Waals surface area contributed by atoms with E-state index in [9.17, 15) is 13.2 Å². The van der Waals surface area contributed by atoms with Gasteiger partial charge in [0.15, 0.2) is 0 Å². The number of methoxy groups -OCH3 is 2. The van der Waals surface area contributed by atoms with Gasteiger partial charge in [-0.25, -0.2) is 0 Å². The molecular formula is C15H20F3NO2. The highest BCUT2D eigenvalue weighted by Gasteiger charge is 2.37. The Hall–Kier alpha value is -1.43. The zero-order chi connectivity index (χ0) is 15.6. The lowest BCUT2D eigenvalue weighted by molar-refractivity contribution is -0.138. The average molecular weight is 303 g/mol. The van der Waals surface area contributed by atoms with Crippen LogP contribution in [0.2, 0.25) is 0 Å². The summed E-state index contributed by atoms with van der Waals surface area (Å²) in [6.45, 7) is 2.96. The second-order valence-corrected chi connectivity index (χ2v) is 5.28. The van der Waals surface area contributed by atoms with E-state index in [0.717, 1.165) is 31.0 Å². The van der Waals surface area contributed by atoms with Crippen LogP contribution in [0.15, 0.2) is 12.1 Å². The summed E-state index contributed by atoms with van der Waals surface area (Å²) in [5.41, 5.74) is -0.0379. The molecule has 1 aliphatic rings. The first-order valence-electron chi connectivity index (χ1n) is 6.95. The largest absolute Gasteiger partial charge is 0.496 e. The van der Waals surface area contributed by atoms with Crippen LogP contribution in [0.3, 0.4) is 0 Å². The molecule has 2 rings (SSSR count). The number of rotatable bonds is 3. The Balaban J connectivity index is 2.50. The van der Waals surface area contributed by atoms with E-state index < -0.39 is 11.7 Å². The molecule has 3 nitrogen and oxygen atoms in total. The van der Waals surface area contributed by atoms with Crippen LogP contribution in [0.1, 0.15) is 36.8 Å². The van der Waals surface area contributed by atoms with Gasteiger partial charge in [-0.15, -0.1) is 0 Å². The van der Waals surface area contributed by atoms with E-state index in [1.165, 1.54) is 20.3 Å². The second kappa shape index (κ2) is 6.13. The minimum Gasteiger partial charge on any atom is -0.496 e.